The Hall–Kier alpha value is -3.65. The predicted octanol–water partition coefficient (Wildman–Crippen LogP) is 2.97. The first-order valence-corrected chi connectivity index (χ1v) is 10.1. The number of amides is 1. The maximum absolute atomic E-state index is 12.6. The topological polar surface area (TPSA) is 108 Å². The summed E-state index contributed by atoms with van der Waals surface area (Å²) < 4.78 is 0.951. The van der Waals surface area contributed by atoms with Gasteiger partial charge in [-0.3, -0.25) is 14.6 Å². The fourth-order valence-corrected chi connectivity index (χ4v) is 3.81. The molecule has 2 aromatic carbocycles. The first-order valence-electron chi connectivity index (χ1n) is 9.69. The number of nitrogens with one attached hydrogen (secondary N) is 1. The fraction of sp³-hybridized carbons (Fsp3) is 0.182. The number of carbonyl (C=O) groups is 1. The van der Waals surface area contributed by atoms with Crippen molar-refractivity contribution in [2.24, 2.45) is 5.10 Å². The Balaban J connectivity index is 1.86. The number of hydrazone groups is 1. The van der Waals surface area contributed by atoms with Crippen molar-refractivity contribution in [1.29, 1.82) is 0 Å². The van der Waals surface area contributed by atoms with Gasteiger partial charge in [-0.25, -0.2) is 14.4 Å². The van der Waals surface area contributed by atoms with Gasteiger partial charge in [-0.15, -0.1) is 0 Å². The summed E-state index contributed by atoms with van der Waals surface area (Å²) in [5.41, 5.74) is -0.406. The number of hydrogen-bond donors (Lipinski definition) is 2. The number of H-pyrrole nitrogens is 1. The summed E-state index contributed by atoms with van der Waals surface area (Å²) in [6.45, 7) is 1.72. The van der Waals surface area contributed by atoms with Gasteiger partial charge in [0.25, 0.3) is 5.56 Å². The van der Waals surface area contributed by atoms with Crippen LogP contribution in [0, 0.1) is 0 Å². The van der Waals surface area contributed by atoms with Crippen molar-refractivity contribution in [3.63, 3.8) is 0 Å². The molecule has 2 N–H and O–H groups in total. The van der Waals surface area contributed by atoms with Gasteiger partial charge in [0.05, 0.1) is 17.4 Å². The zero-order chi connectivity index (χ0) is 22.1. The molecule has 1 atom stereocenters. The largest absolute Gasteiger partial charge is 0.493 e. The highest BCUT2D eigenvalue weighted by molar-refractivity contribution is 6.30. The van der Waals surface area contributed by atoms with Gasteiger partial charge in [0.1, 0.15) is 5.56 Å². The third kappa shape index (κ3) is 3.77. The van der Waals surface area contributed by atoms with Crippen molar-refractivity contribution in [1.82, 2.24) is 14.6 Å². The summed E-state index contributed by atoms with van der Waals surface area (Å²) in [4.78, 5) is 39.8. The molecule has 1 aliphatic rings. The van der Waals surface area contributed by atoms with E-state index >= 15 is 0 Å². The van der Waals surface area contributed by atoms with Gasteiger partial charge < -0.3 is 5.11 Å². The molecule has 0 radical (unpaired) electrons. The molecule has 158 valence electrons. The minimum atomic E-state index is -0.812. The second kappa shape index (κ2) is 8.23. The van der Waals surface area contributed by atoms with Crippen molar-refractivity contribution in [2.75, 3.05) is 0 Å². The lowest BCUT2D eigenvalue weighted by Crippen LogP contribution is -2.33. The summed E-state index contributed by atoms with van der Waals surface area (Å²) in [5, 5.41) is 17.0. The van der Waals surface area contributed by atoms with Gasteiger partial charge in [0, 0.05) is 17.9 Å². The molecule has 4 rings (SSSR count). The van der Waals surface area contributed by atoms with Gasteiger partial charge in [-0.2, -0.15) is 5.10 Å². The first-order chi connectivity index (χ1) is 14.9. The van der Waals surface area contributed by atoms with E-state index in [1.165, 1.54) is 11.1 Å². The Bertz CT molecular complexity index is 1300. The van der Waals surface area contributed by atoms with Crippen molar-refractivity contribution in [3.8, 4) is 11.6 Å². The molecular formula is C22H19ClN4O4. The molecule has 8 nitrogen and oxygen atoms in total. The highest BCUT2D eigenvalue weighted by Crippen LogP contribution is 2.34. The van der Waals surface area contributed by atoms with E-state index in [4.69, 9.17) is 11.6 Å². The fourth-order valence-electron chi connectivity index (χ4n) is 3.63. The van der Waals surface area contributed by atoms with Crippen LogP contribution in [0.2, 0.25) is 5.02 Å². The number of carbonyl (C=O) groups excluding carboxylic acids is 1. The lowest BCUT2D eigenvalue weighted by Gasteiger charge is -2.21. The summed E-state index contributed by atoms with van der Waals surface area (Å²) in [5.74, 6) is -0.782. The number of nitrogens with zero attached hydrogens (tertiary/aromatic N) is 3. The molecule has 0 bridgehead atoms. The van der Waals surface area contributed by atoms with Crippen molar-refractivity contribution in [2.45, 2.75) is 25.8 Å². The third-order valence-electron chi connectivity index (χ3n) is 5.09. The SMILES string of the molecule is CCC(=O)N1N=C(c2c(O)n(-c3cccc(Cl)c3)c(=O)[nH]c2=O)C[C@H]1c1ccccc1. The average molecular weight is 439 g/mol. The second-order valence-electron chi connectivity index (χ2n) is 7.04. The highest BCUT2D eigenvalue weighted by Gasteiger charge is 2.35. The Morgan fingerprint density at radius 1 is 1.19 bits per heavy atom. The normalized spacial score (nSPS) is 15.7. The monoisotopic (exact) mass is 438 g/mol. The highest BCUT2D eigenvalue weighted by atomic mass is 35.5. The molecular weight excluding hydrogens is 420 g/mol. The zero-order valence-electron chi connectivity index (χ0n) is 16.6. The van der Waals surface area contributed by atoms with Gasteiger partial charge >= 0.3 is 5.69 Å². The van der Waals surface area contributed by atoms with Crippen LogP contribution in [0.25, 0.3) is 5.69 Å². The number of halogens is 1. The van der Waals surface area contributed by atoms with Crippen LogP contribution in [0.4, 0.5) is 0 Å². The Kier molecular flexibility index (Phi) is 5.48. The Morgan fingerprint density at radius 3 is 2.61 bits per heavy atom. The molecule has 0 aliphatic carbocycles. The van der Waals surface area contributed by atoms with E-state index in [1.54, 1.807) is 25.1 Å². The quantitative estimate of drug-likeness (QED) is 0.652. The zero-order valence-corrected chi connectivity index (χ0v) is 17.3. The van der Waals surface area contributed by atoms with Crippen LogP contribution < -0.4 is 11.2 Å². The summed E-state index contributed by atoms with van der Waals surface area (Å²) in [6.07, 6.45) is 0.435. The van der Waals surface area contributed by atoms with Crippen molar-refractivity contribution in [3.05, 3.63) is 91.6 Å². The van der Waals surface area contributed by atoms with E-state index in [-0.39, 0.29) is 35.7 Å². The minimum absolute atomic E-state index is 0.160. The van der Waals surface area contributed by atoms with E-state index in [1.807, 2.05) is 30.3 Å². The van der Waals surface area contributed by atoms with Gasteiger partial charge in [-0.05, 0) is 23.8 Å². The molecule has 0 spiro atoms. The van der Waals surface area contributed by atoms with E-state index in [0.717, 1.165) is 10.1 Å². The molecule has 1 aromatic heterocycles. The number of benzene rings is 2. The molecule has 31 heavy (non-hydrogen) atoms. The third-order valence-corrected chi connectivity index (χ3v) is 5.33. The molecule has 3 aromatic rings. The van der Waals surface area contributed by atoms with Gasteiger partial charge in [0.2, 0.25) is 11.8 Å². The van der Waals surface area contributed by atoms with Gasteiger partial charge in [0.15, 0.2) is 0 Å². The van der Waals surface area contributed by atoms with E-state index in [9.17, 15) is 19.5 Å². The van der Waals surface area contributed by atoms with Crippen LogP contribution in [0.1, 0.15) is 36.9 Å². The average Bonchev–Trinajstić information content (AvgIpc) is 3.18. The second-order valence-corrected chi connectivity index (χ2v) is 7.48. The van der Waals surface area contributed by atoms with Gasteiger partial charge in [-0.1, -0.05) is 54.9 Å². The van der Waals surface area contributed by atoms with E-state index in [0.29, 0.717) is 5.02 Å². The predicted molar refractivity (Wildman–Crippen MR) is 117 cm³/mol. The Labute approximate surface area is 182 Å². The van der Waals surface area contributed by atoms with Crippen molar-refractivity contribution < 1.29 is 9.90 Å². The molecule has 1 aliphatic heterocycles. The van der Waals surface area contributed by atoms with Crippen LogP contribution in [0.3, 0.4) is 0 Å². The molecule has 0 fully saturated rings. The van der Waals surface area contributed by atoms with E-state index in [2.05, 4.69) is 10.1 Å². The summed E-state index contributed by atoms with van der Waals surface area (Å²) in [6, 6.07) is 15.2. The molecule has 0 unspecified atom stereocenters. The lowest BCUT2D eigenvalue weighted by atomic mass is 9.99. The lowest BCUT2D eigenvalue weighted by molar-refractivity contribution is -0.132. The number of aromatic nitrogens is 2. The molecule has 1 amide bonds. The maximum atomic E-state index is 12.6. The summed E-state index contributed by atoms with van der Waals surface area (Å²) >= 11 is 6.02. The van der Waals surface area contributed by atoms with Crippen LogP contribution >= 0.6 is 11.6 Å². The number of aromatic hydroxyl groups is 1. The number of aromatic amines is 1. The summed E-state index contributed by atoms with van der Waals surface area (Å²) in [7, 11) is 0. The van der Waals surface area contributed by atoms with Crippen LogP contribution in [0.15, 0.2) is 69.3 Å². The van der Waals surface area contributed by atoms with E-state index < -0.39 is 23.2 Å². The molecule has 0 saturated carbocycles. The molecule has 0 saturated heterocycles. The Morgan fingerprint density at radius 2 is 1.94 bits per heavy atom. The number of hydrogen-bond acceptors (Lipinski definition) is 5. The van der Waals surface area contributed by atoms with Crippen LogP contribution in [-0.2, 0) is 4.79 Å². The molecule has 9 heteroatoms. The maximum Gasteiger partial charge on any atom is 0.335 e. The van der Waals surface area contributed by atoms with Crippen LogP contribution in [0.5, 0.6) is 5.88 Å². The smallest absolute Gasteiger partial charge is 0.335 e. The minimum Gasteiger partial charge on any atom is -0.493 e. The molecule has 2 heterocycles. The van der Waals surface area contributed by atoms with Crippen molar-refractivity contribution >= 4 is 23.2 Å². The standard InChI is InChI=1S/C22H19ClN4O4/c1-2-18(28)27-17(13-7-4-3-5-8-13)12-16(25-27)19-20(29)24-22(31)26(21(19)30)15-10-6-9-14(23)11-15/h3-11,17,30H,2,12H2,1H3,(H,24,29,31)/t17-/m0/s1. The van der Waals surface area contributed by atoms with Crippen LogP contribution in [-0.4, -0.2) is 31.3 Å². The first kappa shape index (κ1) is 20.6. The number of rotatable bonds is 4.